The molecule has 1 aliphatic rings. The zero-order chi connectivity index (χ0) is 15.2. The van der Waals surface area contributed by atoms with Gasteiger partial charge in [-0.1, -0.05) is 33.1 Å². The van der Waals surface area contributed by atoms with Gasteiger partial charge in [0.25, 0.3) is 5.91 Å². The van der Waals surface area contributed by atoms with Gasteiger partial charge in [-0.15, -0.1) is 0 Å². The molecule has 1 amide bonds. The summed E-state index contributed by atoms with van der Waals surface area (Å²) in [6.45, 7) is 4.43. The van der Waals surface area contributed by atoms with Crippen molar-refractivity contribution in [3.8, 4) is 5.75 Å². The number of anilines is 3. The molecule has 0 spiro atoms. The molecule has 0 saturated heterocycles. The number of nitrogens with two attached hydrogens (primary N) is 1. The summed E-state index contributed by atoms with van der Waals surface area (Å²) in [6, 6.07) is 4.06. The first-order valence-corrected chi connectivity index (χ1v) is 7.76. The lowest BCUT2D eigenvalue weighted by Crippen LogP contribution is -2.26. The van der Waals surface area contributed by atoms with E-state index < -0.39 is 0 Å². The quantitative estimate of drug-likeness (QED) is 0.673. The van der Waals surface area contributed by atoms with E-state index in [9.17, 15) is 4.79 Å². The summed E-state index contributed by atoms with van der Waals surface area (Å²) in [5, 5.41) is 6.33. The Kier molecular flexibility index (Phi) is 5.31. The highest BCUT2D eigenvalue weighted by molar-refractivity contribution is 5.97. The molecule has 1 aliphatic heterocycles. The predicted octanol–water partition coefficient (Wildman–Crippen LogP) is 3.37. The third kappa shape index (κ3) is 4.03. The van der Waals surface area contributed by atoms with E-state index in [1.54, 1.807) is 6.07 Å². The number of benzene rings is 1. The molecule has 0 aliphatic carbocycles. The molecule has 1 unspecified atom stereocenters. The number of nitrogens with one attached hydrogen (secondary N) is 2. The van der Waals surface area contributed by atoms with Crippen LogP contribution in [0.5, 0.6) is 5.75 Å². The summed E-state index contributed by atoms with van der Waals surface area (Å²) >= 11 is 0. The number of rotatable bonds is 7. The lowest BCUT2D eigenvalue weighted by Gasteiger charge is -2.24. The summed E-state index contributed by atoms with van der Waals surface area (Å²) in [4.78, 5) is 11.4. The number of ether oxygens (including phenoxy) is 1. The van der Waals surface area contributed by atoms with E-state index in [4.69, 9.17) is 10.5 Å². The van der Waals surface area contributed by atoms with E-state index >= 15 is 0 Å². The first-order valence-electron chi connectivity index (χ1n) is 7.76. The van der Waals surface area contributed by atoms with E-state index in [-0.39, 0.29) is 12.5 Å². The van der Waals surface area contributed by atoms with Crippen LogP contribution in [-0.4, -0.2) is 18.6 Å². The van der Waals surface area contributed by atoms with E-state index in [2.05, 4.69) is 24.5 Å². The maximum absolute atomic E-state index is 11.4. The average molecular weight is 291 g/mol. The molecule has 5 nitrogen and oxygen atoms in total. The van der Waals surface area contributed by atoms with E-state index in [0.29, 0.717) is 23.2 Å². The second kappa shape index (κ2) is 7.20. The maximum Gasteiger partial charge on any atom is 0.262 e. The fourth-order valence-corrected chi connectivity index (χ4v) is 2.57. The van der Waals surface area contributed by atoms with Crippen LogP contribution in [0.25, 0.3) is 0 Å². The predicted molar refractivity (Wildman–Crippen MR) is 86.8 cm³/mol. The molecule has 1 atom stereocenters. The average Bonchev–Trinajstić information content (AvgIpc) is 2.46. The Bertz CT molecular complexity index is 503. The minimum atomic E-state index is -0.130. The van der Waals surface area contributed by atoms with Crippen molar-refractivity contribution in [3.05, 3.63) is 12.1 Å². The van der Waals surface area contributed by atoms with Gasteiger partial charge >= 0.3 is 0 Å². The zero-order valence-corrected chi connectivity index (χ0v) is 12.9. The van der Waals surface area contributed by atoms with Crippen molar-refractivity contribution < 1.29 is 9.53 Å². The lowest BCUT2D eigenvalue weighted by atomic mass is 10.0. The van der Waals surface area contributed by atoms with Gasteiger partial charge in [0.2, 0.25) is 0 Å². The van der Waals surface area contributed by atoms with Crippen molar-refractivity contribution in [2.24, 2.45) is 0 Å². The SMILES string of the molecule is CCCCC(CCC)Nc1cc2c(cc1N)OCC(=O)N2. The molecule has 2 rings (SSSR count). The van der Waals surface area contributed by atoms with Crippen molar-refractivity contribution in [1.29, 1.82) is 0 Å². The van der Waals surface area contributed by atoms with Crippen LogP contribution in [0.1, 0.15) is 46.0 Å². The number of unbranched alkanes of at least 4 members (excludes halogenated alkanes) is 1. The number of nitrogen functional groups attached to an aromatic ring is 1. The third-order valence-electron chi connectivity index (χ3n) is 3.69. The Morgan fingerprint density at radius 3 is 2.86 bits per heavy atom. The molecular formula is C16H25N3O2. The number of carbonyl (C=O) groups excluding carboxylic acids is 1. The van der Waals surface area contributed by atoms with Crippen LogP contribution in [0.2, 0.25) is 0 Å². The normalized spacial score (nSPS) is 14.9. The second-order valence-electron chi connectivity index (χ2n) is 5.54. The van der Waals surface area contributed by atoms with Crippen molar-refractivity contribution in [1.82, 2.24) is 0 Å². The fraction of sp³-hybridized carbons (Fsp3) is 0.562. The van der Waals surface area contributed by atoms with Gasteiger partial charge in [0, 0.05) is 12.1 Å². The second-order valence-corrected chi connectivity index (χ2v) is 5.54. The summed E-state index contributed by atoms with van der Waals surface area (Å²) in [5.41, 5.74) is 8.31. The van der Waals surface area contributed by atoms with Crippen LogP contribution in [0.4, 0.5) is 17.1 Å². The van der Waals surface area contributed by atoms with Gasteiger partial charge in [-0.25, -0.2) is 0 Å². The summed E-state index contributed by atoms with van der Waals surface area (Å²) in [5.74, 6) is 0.507. The number of fused-ring (bicyclic) bond motifs is 1. The van der Waals surface area contributed by atoms with Gasteiger partial charge in [-0.05, 0) is 18.9 Å². The molecule has 0 aromatic heterocycles. The number of carbonyl (C=O) groups is 1. The molecule has 21 heavy (non-hydrogen) atoms. The monoisotopic (exact) mass is 291 g/mol. The van der Waals surface area contributed by atoms with Gasteiger partial charge < -0.3 is 21.1 Å². The molecule has 5 heteroatoms. The third-order valence-corrected chi connectivity index (χ3v) is 3.69. The molecule has 0 radical (unpaired) electrons. The van der Waals surface area contributed by atoms with E-state index in [0.717, 1.165) is 24.9 Å². The number of amides is 1. The van der Waals surface area contributed by atoms with Crippen molar-refractivity contribution in [2.75, 3.05) is 23.0 Å². The van der Waals surface area contributed by atoms with Crippen LogP contribution in [0.15, 0.2) is 12.1 Å². The van der Waals surface area contributed by atoms with Crippen molar-refractivity contribution in [2.45, 2.75) is 52.0 Å². The standard InChI is InChI=1S/C16H25N3O2/c1-3-5-7-11(6-4-2)18-13-9-14-15(8-12(13)17)21-10-16(20)19-14/h8-9,11,18H,3-7,10,17H2,1-2H3,(H,19,20). The Balaban J connectivity index is 2.14. The fourth-order valence-electron chi connectivity index (χ4n) is 2.57. The summed E-state index contributed by atoms with van der Waals surface area (Å²) in [7, 11) is 0. The van der Waals surface area contributed by atoms with Gasteiger partial charge in [-0.2, -0.15) is 0 Å². The summed E-state index contributed by atoms with van der Waals surface area (Å²) in [6.07, 6.45) is 5.75. The molecule has 1 heterocycles. The van der Waals surface area contributed by atoms with Crippen LogP contribution < -0.4 is 21.1 Å². The zero-order valence-electron chi connectivity index (χ0n) is 12.9. The first kappa shape index (κ1) is 15.5. The molecule has 1 aromatic rings. The van der Waals surface area contributed by atoms with E-state index in [1.165, 1.54) is 12.8 Å². The highest BCUT2D eigenvalue weighted by Gasteiger charge is 2.19. The summed E-state index contributed by atoms with van der Waals surface area (Å²) < 4.78 is 5.37. The topological polar surface area (TPSA) is 76.4 Å². The van der Waals surface area contributed by atoms with Crippen LogP contribution >= 0.6 is 0 Å². The van der Waals surface area contributed by atoms with Crippen molar-refractivity contribution in [3.63, 3.8) is 0 Å². The minimum absolute atomic E-state index is 0.0498. The molecular weight excluding hydrogens is 266 g/mol. The molecule has 0 saturated carbocycles. The Morgan fingerprint density at radius 2 is 2.14 bits per heavy atom. The molecule has 116 valence electrons. The van der Waals surface area contributed by atoms with E-state index in [1.807, 2.05) is 6.07 Å². The number of hydrogen-bond donors (Lipinski definition) is 3. The first-order chi connectivity index (χ1) is 10.1. The van der Waals surface area contributed by atoms with Gasteiger partial charge in [-0.3, -0.25) is 4.79 Å². The Hall–Kier alpha value is -1.91. The molecule has 4 N–H and O–H groups in total. The van der Waals surface area contributed by atoms with Gasteiger partial charge in [0.1, 0.15) is 5.75 Å². The molecule has 1 aromatic carbocycles. The highest BCUT2D eigenvalue weighted by atomic mass is 16.5. The Labute approximate surface area is 126 Å². The van der Waals surface area contributed by atoms with Crippen molar-refractivity contribution >= 4 is 23.0 Å². The largest absolute Gasteiger partial charge is 0.482 e. The minimum Gasteiger partial charge on any atom is -0.482 e. The molecule has 0 fully saturated rings. The number of hydrogen-bond acceptors (Lipinski definition) is 4. The smallest absolute Gasteiger partial charge is 0.262 e. The lowest BCUT2D eigenvalue weighted by molar-refractivity contribution is -0.118. The van der Waals surface area contributed by atoms with Crippen LogP contribution in [-0.2, 0) is 4.79 Å². The maximum atomic E-state index is 11.4. The van der Waals surface area contributed by atoms with Gasteiger partial charge in [0.05, 0.1) is 17.1 Å². The van der Waals surface area contributed by atoms with Crippen LogP contribution in [0, 0.1) is 0 Å². The Morgan fingerprint density at radius 1 is 1.33 bits per heavy atom. The van der Waals surface area contributed by atoms with Crippen LogP contribution in [0.3, 0.4) is 0 Å². The molecule has 0 bridgehead atoms. The van der Waals surface area contributed by atoms with Gasteiger partial charge in [0.15, 0.2) is 6.61 Å². The highest BCUT2D eigenvalue weighted by Crippen LogP contribution is 2.35.